The van der Waals surface area contributed by atoms with E-state index in [1.54, 1.807) is 0 Å². The van der Waals surface area contributed by atoms with Crippen molar-refractivity contribution in [2.45, 2.75) is 39.5 Å². The molecular formula is C17H24N2O3. The zero-order chi connectivity index (χ0) is 15.9. The fourth-order valence-corrected chi connectivity index (χ4v) is 2.96. The zero-order valence-corrected chi connectivity index (χ0v) is 13.4. The Bertz CT molecular complexity index is 525. The molecule has 1 fully saturated rings. The average molecular weight is 304 g/mol. The van der Waals surface area contributed by atoms with Crippen molar-refractivity contribution in [3.8, 4) is 12.3 Å². The van der Waals surface area contributed by atoms with Crippen LogP contribution in [-0.4, -0.2) is 42.3 Å². The normalized spacial score (nSPS) is 18.2. The van der Waals surface area contributed by atoms with Gasteiger partial charge in [-0.1, -0.05) is 11.1 Å². The van der Waals surface area contributed by atoms with Crippen LogP contribution < -0.4 is 0 Å². The first-order valence-electron chi connectivity index (χ1n) is 7.82. The number of nitrogens with zero attached hydrogens (tertiary/aromatic N) is 2. The van der Waals surface area contributed by atoms with E-state index in [1.807, 2.05) is 18.7 Å². The molecule has 1 aromatic heterocycles. The number of aromatic nitrogens is 1. The molecule has 1 saturated heterocycles. The van der Waals surface area contributed by atoms with Gasteiger partial charge in [0.05, 0.1) is 12.3 Å². The molecule has 1 unspecified atom stereocenters. The van der Waals surface area contributed by atoms with E-state index < -0.39 is 0 Å². The molecule has 2 heterocycles. The second kappa shape index (κ2) is 8.00. The molecule has 2 rings (SSSR count). The monoisotopic (exact) mass is 304 g/mol. The summed E-state index contributed by atoms with van der Waals surface area (Å²) in [5.74, 6) is 3.87. The van der Waals surface area contributed by atoms with Crippen LogP contribution in [0.15, 0.2) is 4.52 Å². The first-order chi connectivity index (χ1) is 10.6. The number of ether oxygens (including phenoxy) is 1. The van der Waals surface area contributed by atoms with Crippen molar-refractivity contribution in [2.75, 3.05) is 26.3 Å². The minimum atomic E-state index is 0.196. The summed E-state index contributed by atoms with van der Waals surface area (Å²) >= 11 is 0. The summed E-state index contributed by atoms with van der Waals surface area (Å²) in [5, 5.41) is 3.93. The molecule has 5 heteroatoms. The Kier molecular flexibility index (Phi) is 6.02. The molecule has 0 N–H and O–H groups in total. The molecule has 120 valence electrons. The third-order valence-corrected chi connectivity index (χ3v) is 4.18. The van der Waals surface area contributed by atoms with Crippen LogP contribution in [0.4, 0.5) is 0 Å². The smallest absolute Gasteiger partial charge is 0.222 e. The minimum Gasteiger partial charge on any atom is -0.368 e. The fourth-order valence-electron chi connectivity index (χ4n) is 2.96. The Balaban J connectivity index is 1.80. The largest absolute Gasteiger partial charge is 0.368 e. The Labute approximate surface area is 132 Å². The Morgan fingerprint density at radius 1 is 1.55 bits per heavy atom. The summed E-state index contributed by atoms with van der Waals surface area (Å²) in [7, 11) is 0. The molecule has 5 nitrogen and oxygen atoms in total. The molecule has 0 aliphatic carbocycles. The first kappa shape index (κ1) is 16.6. The van der Waals surface area contributed by atoms with Gasteiger partial charge < -0.3 is 14.2 Å². The number of carbonyl (C=O) groups excluding carboxylic acids is 1. The van der Waals surface area contributed by atoms with Crippen LogP contribution in [0.5, 0.6) is 0 Å². The highest BCUT2D eigenvalue weighted by molar-refractivity contribution is 5.76. The van der Waals surface area contributed by atoms with Crippen LogP contribution in [0.1, 0.15) is 36.3 Å². The van der Waals surface area contributed by atoms with E-state index in [4.69, 9.17) is 15.7 Å². The number of amides is 1. The Morgan fingerprint density at radius 2 is 2.36 bits per heavy atom. The Hall–Kier alpha value is -1.80. The lowest BCUT2D eigenvalue weighted by Crippen LogP contribution is -2.41. The number of rotatable bonds is 6. The van der Waals surface area contributed by atoms with Crippen molar-refractivity contribution in [1.29, 1.82) is 0 Å². The number of carbonyl (C=O) groups is 1. The summed E-state index contributed by atoms with van der Waals surface area (Å²) < 4.78 is 10.5. The highest BCUT2D eigenvalue weighted by Crippen LogP contribution is 2.19. The van der Waals surface area contributed by atoms with E-state index in [2.05, 4.69) is 11.1 Å². The Morgan fingerprint density at radius 3 is 3.05 bits per heavy atom. The molecule has 22 heavy (non-hydrogen) atoms. The third-order valence-electron chi connectivity index (χ3n) is 4.18. The van der Waals surface area contributed by atoms with Crippen molar-refractivity contribution in [3.63, 3.8) is 0 Å². The second-order valence-electron chi connectivity index (χ2n) is 5.87. The number of aryl methyl sites for hydroxylation is 2. The minimum absolute atomic E-state index is 0.196. The topological polar surface area (TPSA) is 55.6 Å². The predicted molar refractivity (Wildman–Crippen MR) is 83.3 cm³/mol. The van der Waals surface area contributed by atoms with Gasteiger partial charge in [-0.3, -0.25) is 4.79 Å². The molecule has 1 aliphatic rings. The number of likely N-dealkylation sites (tertiary alicyclic amines) is 1. The van der Waals surface area contributed by atoms with Crippen LogP contribution >= 0.6 is 0 Å². The summed E-state index contributed by atoms with van der Waals surface area (Å²) in [4.78, 5) is 14.3. The predicted octanol–water partition coefficient (Wildman–Crippen LogP) is 2.11. The van der Waals surface area contributed by atoms with Gasteiger partial charge in [0.25, 0.3) is 0 Å². The van der Waals surface area contributed by atoms with E-state index in [9.17, 15) is 4.79 Å². The first-order valence-corrected chi connectivity index (χ1v) is 7.82. The van der Waals surface area contributed by atoms with Crippen LogP contribution in [0, 0.1) is 32.1 Å². The molecule has 0 spiro atoms. The van der Waals surface area contributed by atoms with E-state index in [1.165, 1.54) is 0 Å². The van der Waals surface area contributed by atoms with Gasteiger partial charge in [-0.2, -0.15) is 0 Å². The average Bonchev–Trinajstić information content (AvgIpc) is 2.84. The van der Waals surface area contributed by atoms with Crippen LogP contribution in [-0.2, 0) is 16.0 Å². The quantitative estimate of drug-likeness (QED) is 0.596. The molecule has 1 atom stereocenters. The van der Waals surface area contributed by atoms with Gasteiger partial charge in [0, 0.05) is 25.1 Å². The molecule has 1 aliphatic heterocycles. The van der Waals surface area contributed by atoms with Gasteiger partial charge in [0.15, 0.2) is 0 Å². The van der Waals surface area contributed by atoms with Gasteiger partial charge in [-0.05, 0) is 39.0 Å². The lowest BCUT2D eigenvalue weighted by molar-refractivity contribution is -0.133. The van der Waals surface area contributed by atoms with Crippen molar-refractivity contribution in [2.24, 2.45) is 5.92 Å². The maximum absolute atomic E-state index is 12.4. The van der Waals surface area contributed by atoms with Gasteiger partial charge in [0.1, 0.15) is 12.4 Å². The molecule has 1 amide bonds. The van der Waals surface area contributed by atoms with E-state index >= 15 is 0 Å². The highest BCUT2D eigenvalue weighted by atomic mass is 16.5. The van der Waals surface area contributed by atoms with E-state index in [-0.39, 0.29) is 5.91 Å². The summed E-state index contributed by atoms with van der Waals surface area (Å²) in [6.07, 6.45) is 8.49. The second-order valence-corrected chi connectivity index (χ2v) is 5.87. The van der Waals surface area contributed by atoms with Crippen LogP contribution in [0.3, 0.4) is 0 Å². The maximum atomic E-state index is 12.4. The molecular weight excluding hydrogens is 280 g/mol. The van der Waals surface area contributed by atoms with Crippen LogP contribution in [0.2, 0.25) is 0 Å². The zero-order valence-electron chi connectivity index (χ0n) is 13.4. The van der Waals surface area contributed by atoms with Crippen molar-refractivity contribution in [3.05, 3.63) is 17.0 Å². The van der Waals surface area contributed by atoms with Gasteiger partial charge in [0.2, 0.25) is 5.91 Å². The SMILES string of the molecule is C#CCOCC1CCCN(C(=O)CCc2c(C)noc2C)C1. The maximum Gasteiger partial charge on any atom is 0.222 e. The van der Waals surface area contributed by atoms with Gasteiger partial charge >= 0.3 is 0 Å². The van der Waals surface area contributed by atoms with Gasteiger partial charge in [-0.25, -0.2) is 0 Å². The fraction of sp³-hybridized carbons (Fsp3) is 0.647. The van der Waals surface area contributed by atoms with E-state index in [0.29, 0.717) is 32.0 Å². The molecule has 0 radical (unpaired) electrons. The van der Waals surface area contributed by atoms with Crippen molar-refractivity contribution >= 4 is 5.91 Å². The molecule has 0 saturated carbocycles. The van der Waals surface area contributed by atoms with Crippen LogP contribution in [0.25, 0.3) is 0 Å². The lowest BCUT2D eigenvalue weighted by Gasteiger charge is -2.32. The highest BCUT2D eigenvalue weighted by Gasteiger charge is 2.24. The molecule has 1 aromatic rings. The number of terminal acetylenes is 1. The third kappa shape index (κ3) is 4.35. The summed E-state index contributed by atoms with van der Waals surface area (Å²) in [5.41, 5.74) is 1.93. The lowest BCUT2D eigenvalue weighted by atomic mass is 9.98. The van der Waals surface area contributed by atoms with Crippen molar-refractivity contribution < 1.29 is 14.1 Å². The molecule has 0 aromatic carbocycles. The molecule has 0 bridgehead atoms. The number of hydrogen-bond donors (Lipinski definition) is 0. The summed E-state index contributed by atoms with van der Waals surface area (Å²) in [6, 6.07) is 0. The van der Waals surface area contributed by atoms with E-state index in [0.717, 1.165) is 42.9 Å². The van der Waals surface area contributed by atoms with Gasteiger partial charge in [-0.15, -0.1) is 6.42 Å². The number of hydrogen-bond acceptors (Lipinski definition) is 4. The standard InChI is InChI=1S/C17H24N2O3/c1-4-10-21-12-15-6-5-9-19(11-15)17(20)8-7-16-13(2)18-22-14(16)3/h1,15H,5-12H2,2-3H3. The summed E-state index contributed by atoms with van der Waals surface area (Å²) in [6.45, 7) is 6.39. The van der Waals surface area contributed by atoms with Crippen molar-refractivity contribution in [1.82, 2.24) is 10.1 Å². The number of piperidine rings is 1.